The number of rotatable bonds is 14. The molecule has 1 aliphatic heterocycles. The Hall–Kier alpha value is -4.56. The molecule has 3 amide bonds. The summed E-state index contributed by atoms with van der Waals surface area (Å²) in [4.78, 5) is 52.3. The number of carbonyl (C=O) groups is 4. The molecule has 10 nitrogen and oxygen atoms in total. The van der Waals surface area contributed by atoms with Gasteiger partial charge in [-0.1, -0.05) is 29.8 Å². The van der Waals surface area contributed by atoms with Crippen molar-refractivity contribution in [2.75, 3.05) is 42.2 Å². The quantitative estimate of drug-likeness (QED) is 0.0732. The van der Waals surface area contributed by atoms with Crippen LogP contribution in [0.15, 0.2) is 65.8 Å². The van der Waals surface area contributed by atoms with Crippen LogP contribution in [-0.2, 0) is 26.3 Å². The number of hydrogen-bond acceptors (Lipinski definition) is 8. The van der Waals surface area contributed by atoms with Crippen LogP contribution in [-0.4, -0.2) is 61.9 Å². The highest BCUT2D eigenvalue weighted by molar-refractivity contribution is 7.98. The number of halogens is 4. The Morgan fingerprint density at radius 1 is 1.00 bits per heavy atom. The minimum atomic E-state index is -4.66. The van der Waals surface area contributed by atoms with E-state index in [4.69, 9.17) is 16.3 Å². The van der Waals surface area contributed by atoms with Gasteiger partial charge in [-0.25, -0.2) is 5.43 Å². The molecule has 0 atom stereocenters. The van der Waals surface area contributed by atoms with Crippen molar-refractivity contribution in [3.05, 3.63) is 93.5 Å². The molecule has 3 aromatic carbocycles. The van der Waals surface area contributed by atoms with Crippen LogP contribution in [0.4, 0.5) is 24.5 Å². The normalized spacial score (nSPS) is 13.2. The molecule has 3 aromatic rings. The second-order valence-corrected chi connectivity index (χ2v) is 12.8. The van der Waals surface area contributed by atoms with Gasteiger partial charge in [-0.05, 0) is 79.8 Å². The topological polar surface area (TPSA) is 129 Å². The van der Waals surface area contributed by atoms with Crippen molar-refractivity contribution in [1.82, 2.24) is 10.7 Å². The first-order chi connectivity index (χ1) is 23.9. The number of thioether (sulfide) groups is 1. The lowest BCUT2D eigenvalue weighted by Gasteiger charge is -2.29. The van der Waals surface area contributed by atoms with Gasteiger partial charge in [-0.15, -0.1) is 0 Å². The van der Waals surface area contributed by atoms with Crippen molar-refractivity contribution >= 4 is 64.6 Å². The Morgan fingerprint density at radius 2 is 1.78 bits per heavy atom. The molecule has 1 saturated heterocycles. The number of alkyl halides is 3. The number of esters is 1. The van der Waals surface area contributed by atoms with Gasteiger partial charge < -0.3 is 20.3 Å². The van der Waals surface area contributed by atoms with Gasteiger partial charge in [0.2, 0.25) is 5.91 Å². The highest BCUT2D eigenvalue weighted by Gasteiger charge is 2.33. The fraction of sp³-hybridized carbons (Fsp3) is 0.343. The Kier molecular flexibility index (Phi) is 14.1. The van der Waals surface area contributed by atoms with E-state index in [1.165, 1.54) is 17.8 Å². The van der Waals surface area contributed by atoms with Crippen molar-refractivity contribution in [3.63, 3.8) is 0 Å². The van der Waals surface area contributed by atoms with Crippen LogP contribution in [0.25, 0.3) is 0 Å². The van der Waals surface area contributed by atoms with Crippen LogP contribution in [0.5, 0.6) is 0 Å². The predicted molar refractivity (Wildman–Crippen MR) is 189 cm³/mol. The van der Waals surface area contributed by atoms with Gasteiger partial charge in [-0.2, -0.15) is 30.0 Å². The third kappa shape index (κ3) is 11.5. The van der Waals surface area contributed by atoms with E-state index in [-0.39, 0.29) is 42.3 Å². The molecule has 1 aliphatic rings. The number of piperidine rings is 1. The zero-order valence-corrected chi connectivity index (χ0v) is 28.9. The Morgan fingerprint density at radius 3 is 2.52 bits per heavy atom. The Labute approximate surface area is 297 Å². The van der Waals surface area contributed by atoms with Gasteiger partial charge in [0.25, 0.3) is 11.8 Å². The third-order valence-electron chi connectivity index (χ3n) is 7.56. The van der Waals surface area contributed by atoms with E-state index < -0.39 is 34.5 Å². The molecule has 0 aliphatic carbocycles. The number of ether oxygens (including phenoxy) is 1. The maximum atomic E-state index is 13.4. The van der Waals surface area contributed by atoms with Gasteiger partial charge in [0.15, 0.2) is 0 Å². The summed E-state index contributed by atoms with van der Waals surface area (Å²) in [6, 6.07) is 15.3. The summed E-state index contributed by atoms with van der Waals surface area (Å²) in [5.41, 5.74) is 3.75. The molecular formula is C35H37ClF3N5O5S. The van der Waals surface area contributed by atoms with Crippen LogP contribution < -0.4 is 21.0 Å². The van der Waals surface area contributed by atoms with E-state index in [1.54, 1.807) is 37.3 Å². The van der Waals surface area contributed by atoms with E-state index in [0.29, 0.717) is 17.1 Å². The lowest BCUT2D eigenvalue weighted by atomic mass is 10.1. The maximum Gasteiger partial charge on any atom is 0.417 e. The van der Waals surface area contributed by atoms with Crippen molar-refractivity contribution in [2.45, 2.75) is 44.5 Å². The second kappa shape index (κ2) is 18.4. The number of nitrogens with zero attached hydrogens (tertiary/aromatic N) is 2. The van der Waals surface area contributed by atoms with E-state index in [1.807, 2.05) is 12.1 Å². The summed E-state index contributed by atoms with van der Waals surface area (Å²) in [5, 5.41) is 8.74. The number of benzene rings is 3. The van der Waals surface area contributed by atoms with Gasteiger partial charge in [0.1, 0.15) is 6.54 Å². The van der Waals surface area contributed by atoms with E-state index >= 15 is 0 Å². The maximum absolute atomic E-state index is 13.4. The highest BCUT2D eigenvalue weighted by Crippen LogP contribution is 2.35. The molecule has 0 saturated carbocycles. The molecule has 266 valence electrons. The monoisotopic (exact) mass is 731 g/mol. The molecule has 1 fully saturated rings. The average Bonchev–Trinajstić information content (AvgIpc) is 3.10. The molecule has 0 radical (unpaired) electrons. The Bertz CT molecular complexity index is 1720. The standard InChI is InChI=1S/C35H37ClF3N5O5S/c1-2-49-32(46)21-40-31(45)13-16-50-22-24-7-6-8-25(17-24)33(47)42-30-12-10-26(44-14-4-3-5-15-44)19-27(30)34(48)43-41-20-23-9-11-29(36)28(18-23)35(37,38)39/h6-12,17-20H,2-5,13-16,21-22H2,1H3,(H,40,45)(H,42,47)(H,43,48)/b41-20+. The molecule has 0 unspecified atom stereocenters. The minimum Gasteiger partial charge on any atom is -0.465 e. The van der Waals surface area contributed by atoms with Crippen molar-refractivity contribution < 1.29 is 37.1 Å². The van der Waals surface area contributed by atoms with Crippen LogP contribution >= 0.6 is 23.4 Å². The molecule has 50 heavy (non-hydrogen) atoms. The number of hydrogen-bond donors (Lipinski definition) is 3. The zero-order chi connectivity index (χ0) is 36.1. The highest BCUT2D eigenvalue weighted by atomic mass is 35.5. The van der Waals surface area contributed by atoms with Crippen LogP contribution in [0.3, 0.4) is 0 Å². The summed E-state index contributed by atoms with van der Waals surface area (Å²) in [7, 11) is 0. The molecular weight excluding hydrogens is 695 g/mol. The van der Waals surface area contributed by atoms with Gasteiger partial charge in [0, 0.05) is 42.3 Å². The summed E-state index contributed by atoms with van der Waals surface area (Å²) < 4.78 is 44.6. The molecule has 0 aromatic heterocycles. The number of hydrazone groups is 1. The summed E-state index contributed by atoms with van der Waals surface area (Å²) in [6.07, 6.45) is -0.255. The average molecular weight is 732 g/mol. The van der Waals surface area contributed by atoms with Crippen molar-refractivity contribution in [3.8, 4) is 0 Å². The first-order valence-corrected chi connectivity index (χ1v) is 17.5. The molecule has 3 N–H and O–H groups in total. The fourth-order valence-electron chi connectivity index (χ4n) is 5.07. The summed E-state index contributed by atoms with van der Waals surface area (Å²) in [6.45, 7) is 3.37. The van der Waals surface area contributed by atoms with E-state index in [0.717, 1.165) is 62.0 Å². The van der Waals surface area contributed by atoms with Gasteiger partial charge in [-0.3, -0.25) is 19.2 Å². The lowest BCUT2D eigenvalue weighted by Crippen LogP contribution is -2.30. The largest absolute Gasteiger partial charge is 0.465 e. The molecule has 0 bridgehead atoms. The van der Waals surface area contributed by atoms with Crippen molar-refractivity contribution in [2.24, 2.45) is 5.10 Å². The predicted octanol–water partition coefficient (Wildman–Crippen LogP) is 6.67. The molecule has 1 heterocycles. The van der Waals surface area contributed by atoms with Crippen molar-refractivity contribution in [1.29, 1.82) is 0 Å². The van der Waals surface area contributed by atoms with E-state index in [2.05, 4.69) is 26.1 Å². The van der Waals surface area contributed by atoms with E-state index in [9.17, 15) is 32.3 Å². The first kappa shape index (κ1) is 38.2. The SMILES string of the molecule is CCOC(=O)CNC(=O)CCSCc1cccc(C(=O)Nc2ccc(N3CCCCC3)cc2C(=O)N/N=C/c2ccc(Cl)c(C(F)(F)F)c2)c1. The third-order valence-corrected chi connectivity index (χ3v) is 8.92. The van der Waals surface area contributed by atoms with Gasteiger partial charge >= 0.3 is 12.1 Å². The summed E-state index contributed by atoms with van der Waals surface area (Å²) in [5.74, 6) is -0.868. The fourth-order valence-corrected chi connectivity index (χ4v) is 6.18. The number of carbonyl (C=O) groups excluding carboxylic acids is 4. The van der Waals surface area contributed by atoms with Crippen LogP contribution in [0.1, 0.15) is 70.0 Å². The zero-order valence-electron chi connectivity index (χ0n) is 27.3. The second-order valence-electron chi connectivity index (χ2n) is 11.3. The number of amides is 3. The number of nitrogens with one attached hydrogen (secondary N) is 3. The molecule has 15 heteroatoms. The minimum absolute atomic E-state index is 0.0768. The molecule has 4 rings (SSSR count). The Balaban J connectivity index is 1.43. The van der Waals surface area contributed by atoms with Gasteiger partial charge in [0.05, 0.1) is 34.7 Å². The molecule has 0 spiro atoms. The van der Waals surface area contributed by atoms with Crippen LogP contribution in [0.2, 0.25) is 5.02 Å². The summed E-state index contributed by atoms with van der Waals surface area (Å²) >= 11 is 7.19. The first-order valence-electron chi connectivity index (χ1n) is 15.9. The smallest absolute Gasteiger partial charge is 0.417 e. The lowest BCUT2D eigenvalue weighted by molar-refractivity contribution is -0.143. The van der Waals surface area contributed by atoms with Crippen LogP contribution in [0, 0.1) is 0 Å². The number of anilines is 2.